The normalized spacial score (nSPS) is 17.3. The molecule has 2 aliphatic rings. The van der Waals surface area contributed by atoms with Crippen molar-refractivity contribution in [1.29, 1.82) is 0 Å². The summed E-state index contributed by atoms with van der Waals surface area (Å²) < 4.78 is 40.8. The molecule has 0 atom stereocenters. The van der Waals surface area contributed by atoms with Crippen molar-refractivity contribution in [2.75, 3.05) is 31.8 Å². The van der Waals surface area contributed by atoms with E-state index >= 15 is 0 Å². The molecule has 0 spiro atoms. The summed E-state index contributed by atoms with van der Waals surface area (Å²) in [4.78, 5) is 26.8. The molecule has 35 heavy (non-hydrogen) atoms. The molecule has 12 heteroatoms. The van der Waals surface area contributed by atoms with Crippen molar-refractivity contribution >= 4 is 27.4 Å². The van der Waals surface area contributed by atoms with Crippen molar-refractivity contribution in [3.8, 4) is 11.6 Å². The summed E-state index contributed by atoms with van der Waals surface area (Å²) in [5, 5.41) is 3.12. The molecular formula is C23H31N5O6S. The number of anilines is 2. The van der Waals surface area contributed by atoms with E-state index in [1.807, 2.05) is 0 Å². The van der Waals surface area contributed by atoms with Gasteiger partial charge in [0.05, 0.1) is 18.5 Å². The number of hydrogen-bond acceptors (Lipinski definition) is 10. The van der Waals surface area contributed by atoms with Gasteiger partial charge < -0.3 is 24.4 Å². The predicted molar refractivity (Wildman–Crippen MR) is 128 cm³/mol. The smallest absolute Gasteiger partial charge is 0.410 e. The number of aromatic nitrogens is 3. The summed E-state index contributed by atoms with van der Waals surface area (Å²) in [6, 6.07) is 3.06. The highest BCUT2D eigenvalue weighted by atomic mass is 32.2. The van der Waals surface area contributed by atoms with Crippen LogP contribution in [0.25, 0.3) is 0 Å². The lowest BCUT2D eigenvalue weighted by Gasteiger charge is -2.32. The average molecular weight is 506 g/mol. The van der Waals surface area contributed by atoms with Gasteiger partial charge in [0, 0.05) is 32.2 Å². The Bertz CT molecular complexity index is 1160. The molecule has 0 unspecified atom stereocenters. The molecule has 1 amide bonds. The third-order valence-corrected chi connectivity index (χ3v) is 7.20. The largest absolute Gasteiger partial charge is 0.489 e. The summed E-state index contributed by atoms with van der Waals surface area (Å²) in [5.74, 6) is 0.976. The van der Waals surface area contributed by atoms with Crippen LogP contribution in [-0.2, 0) is 14.6 Å². The van der Waals surface area contributed by atoms with Gasteiger partial charge in [-0.3, -0.25) is 0 Å². The number of likely N-dealkylation sites (tertiary alicyclic amines) is 1. The van der Waals surface area contributed by atoms with E-state index in [0.717, 1.165) is 31.9 Å². The fourth-order valence-corrected chi connectivity index (χ4v) is 4.87. The minimum absolute atomic E-state index is 0.00214. The van der Waals surface area contributed by atoms with Crippen molar-refractivity contribution in [3.05, 3.63) is 24.2 Å². The second-order valence-electron chi connectivity index (χ2n) is 8.83. The number of hydrogen-bond donors (Lipinski definition) is 1. The third-order valence-electron chi connectivity index (χ3n) is 6.22. The van der Waals surface area contributed by atoms with Crippen LogP contribution in [0.2, 0.25) is 0 Å². The molecule has 1 saturated heterocycles. The van der Waals surface area contributed by atoms with E-state index in [9.17, 15) is 13.2 Å². The molecular weight excluding hydrogens is 474 g/mol. The quantitative estimate of drug-likeness (QED) is 0.598. The van der Waals surface area contributed by atoms with Crippen LogP contribution in [0.3, 0.4) is 0 Å². The molecule has 4 rings (SSSR count). The number of carbonyl (C=O) groups excluding carboxylic acids is 1. The van der Waals surface area contributed by atoms with Crippen molar-refractivity contribution in [1.82, 2.24) is 19.9 Å². The number of methoxy groups -OCH3 is 1. The lowest BCUT2D eigenvalue weighted by molar-refractivity contribution is 0.0426. The SMILES string of the molecule is COc1c(Nc2ccc(S(C)(=O)=O)nc2C)ncnc1OC1CCN(C(=O)OC2CCCC2)CC1. The van der Waals surface area contributed by atoms with Crippen LogP contribution in [0.5, 0.6) is 11.6 Å². The number of piperidine rings is 1. The molecule has 0 aromatic carbocycles. The molecule has 190 valence electrons. The second-order valence-corrected chi connectivity index (χ2v) is 10.8. The topological polar surface area (TPSA) is 133 Å². The maximum absolute atomic E-state index is 12.4. The number of pyridine rings is 1. The number of nitrogens with one attached hydrogen (secondary N) is 1. The Balaban J connectivity index is 1.39. The summed E-state index contributed by atoms with van der Waals surface area (Å²) in [6.45, 7) is 2.80. The van der Waals surface area contributed by atoms with E-state index in [-0.39, 0.29) is 29.2 Å². The van der Waals surface area contributed by atoms with E-state index in [1.54, 1.807) is 17.9 Å². The molecule has 3 heterocycles. The first kappa shape index (κ1) is 25.0. The van der Waals surface area contributed by atoms with Crippen molar-refractivity contribution in [2.24, 2.45) is 0 Å². The number of rotatable bonds is 7. The summed E-state index contributed by atoms with van der Waals surface area (Å²) >= 11 is 0. The van der Waals surface area contributed by atoms with Gasteiger partial charge in [0.1, 0.15) is 18.5 Å². The molecule has 1 aliphatic carbocycles. The number of amides is 1. The number of aryl methyl sites for hydroxylation is 1. The Hall–Kier alpha value is -3.15. The zero-order chi connectivity index (χ0) is 25.0. The Morgan fingerprint density at radius 2 is 1.80 bits per heavy atom. The van der Waals surface area contributed by atoms with E-state index in [2.05, 4.69) is 20.3 Å². The van der Waals surface area contributed by atoms with Crippen LogP contribution in [-0.4, -0.2) is 73.0 Å². The number of sulfone groups is 1. The van der Waals surface area contributed by atoms with Gasteiger partial charge in [0.25, 0.3) is 5.88 Å². The van der Waals surface area contributed by atoms with Gasteiger partial charge in [-0.05, 0) is 44.7 Å². The molecule has 0 radical (unpaired) electrons. The van der Waals surface area contributed by atoms with Gasteiger partial charge >= 0.3 is 6.09 Å². The zero-order valence-corrected chi connectivity index (χ0v) is 21.0. The van der Waals surface area contributed by atoms with Crippen molar-refractivity contribution in [3.63, 3.8) is 0 Å². The number of ether oxygens (including phenoxy) is 3. The van der Waals surface area contributed by atoms with Crippen LogP contribution in [0.1, 0.15) is 44.2 Å². The molecule has 2 aromatic heterocycles. The maximum Gasteiger partial charge on any atom is 0.410 e. The van der Waals surface area contributed by atoms with E-state index in [4.69, 9.17) is 14.2 Å². The fraction of sp³-hybridized carbons (Fsp3) is 0.565. The van der Waals surface area contributed by atoms with Crippen LogP contribution in [0.15, 0.2) is 23.5 Å². The summed E-state index contributed by atoms with van der Waals surface area (Å²) in [5.41, 5.74) is 1.07. The highest BCUT2D eigenvalue weighted by Gasteiger charge is 2.29. The molecule has 2 fully saturated rings. The summed E-state index contributed by atoms with van der Waals surface area (Å²) in [6.07, 6.45) is 7.57. The predicted octanol–water partition coefficient (Wildman–Crippen LogP) is 3.26. The van der Waals surface area contributed by atoms with Gasteiger partial charge in [0.2, 0.25) is 5.75 Å². The molecule has 1 N–H and O–H groups in total. The van der Waals surface area contributed by atoms with Gasteiger partial charge in [-0.1, -0.05) is 0 Å². The lowest BCUT2D eigenvalue weighted by Crippen LogP contribution is -2.43. The van der Waals surface area contributed by atoms with Gasteiger partial charge in [0.15, 0.2) is 20.7 Å². The molecule has 1 saturated carbocycles. The first-order chi connectivity index (χ1) is 16.7. The second kappa shape index (κ2) is 10.6. The van der Waals surface area contributed by atoms with Crippen LogP contribution in [0.4, 0.5) is 16.3 Å². The minimum atomic E-state index is -3.41. The van der Waals surface area contributed by atoms with E-state index in [1.165, 1.54) is 19.5 Å². The first-order valence-corrected chi connectivity index (χ1v) is 13.6. The van der Waals surface area contributed by atoms with Gasteiger partial charge in [-0.2, -0.15) is 4.98 Å². The van der Waals surface area contributed by atoms with Crippen LogP contribution >= 0.6 is 0 Å². The first-order valence-electron chi connectivity index (χ1n) is 11.7. The molecule has 11 nitrogen and oxygen atoms in total. The maximum atomic E-state index is 12.4. The molecule has 0 bridgehead atoms. The number of nitrogens with zero attached hydrogens (tertiary/aromatic N) is 4. The minimum Gasteiger partial charge on any atom is -0.489 e. The standard InChI is InChI=1S/C23H31N5O6S/c1-15-18(8-9-19(26-15)35(3,30)31)27-21-20(32-2)22(25-14-24-21)33-17-10-12-28(13-11-17)23(29)34-16-6-4-5-7-16/h8-9,14,16-17H,4-7,10-13H2,1-3H3,(H,24,25,27). The van der Waals surface area contributed by atoms with Crippen LogP contribution < -0.4 is 14.8 Å². The number of carbonyl (C=O) groups is 1. The Kier molecular flexibility index (Phi) is 7.58. The third kappa shape index (κ3) is 6.11. The Labute approximate surface area is 205 Å². The molecule has 2 aromatic rings. The lowest BCUT2D eigenvalue weighted by atomic mass is 10.1. The van der Waals surface area contributed by atoms with Crippen LogP contribution in [0, 0.1) is 6.92 Å². The highest BCUT2D eigenvalue weighted by molar-refractivity contribution is 7.90. The van der Waals surface area contributed by atoms with E-state index in [0.29, 0.717) is 48.9 Å². The van der Waals surface area contributed by atoms with Crippen molar-refractivity contribution < 1.29 is 27.4 Å². The zero-order valence-electron chi connectivity index (χ0n) is 20.2. The average Bonchev–Trinajstić information content (AvgIpc) is 3.33. The monoisotopic (exact) mass is 505 g/mol. The van der Waals surface area contributed by atoms with Gasteiger partial charge in [-0.15, -0.1) is 0 Å². The fourth-order valence-electron chi connectivity index (χ4n) is 4.26. The molecule has 1 aliphatic heterocycles. The highest BCUT2D eigenvalue weighted by Crippen LogP contribution is 2.35. The van der Waals surface area contributed by atoms with Crippen molar-refractivity contribution in [2.45, 2.75) is 62.7 Å². The Morgan fingerprint density at radius 1 is 1.09 bits per heavy atom. The van der Waals surface area contributed by atoms with Gasteiger partial charge in [-0.25, -0.2) is 23.2 Å². The van der Waals surface area contributed by atoms with E-state index < -0.39 is 9.84 Å². The summed E-state index contributed by atoms with van der Waals surface area (Å²) in [7, 11) is -1.91. The Morgan fingerprint density at radius 3 is 2.43 bits per heavy atom.